The summed E-state index contributed by atoms with van der Waals surface area (Å²) < 4.78 is 51.3. The van der Waals surface area contributed by atoms with E-state index in [4.69, 9.17) is 14.8 Å². The van der Waals surface area contributed by atoms with Crippen LogP contribution in [0.3, 0.4) is 0 Å². The molecule has 3 heterocycles. The van der Waals surface area contributed by atoms with Crippen LogP contribution in [-0.4, -0.2) is 64.2 Å². The average molecular weight is 594 g/mol. The summed E-state index contributed by atoms with van der Waals surface area (Å²) in [6, 6.07) is 9.28. The van der Waals surface area contributed by atoms with Crippen molar-refractivity contribution in [2.75, 3.05) is 38.2 Å². The number of aliphatic hydroxyl groups excluding tert-OH is 1. The molecule has 0 saturated carbocycles. The predicted molar refractivity (Wildman–Crippen MR) is 159 cm³/mol. The summed E-state index contributed by atoms with van der Waals surface area (Å²) in [6.45, 7) is 8.74. The van der Waals surface area contributed by atoms with E-state index in [1.165, 1.54) is 30.5 Å². The van der Waals surface area contributed by atoms with Gasteiger partial charge in [0.15, 0.2) is 11.6 Å². The monoisotopic (exact) mass is 593 g/mol. The standard InChI is InChI=1S/C31H30F3N5O2.CH4O/c1-4-20-8-6-9-23(33)28(20)27-19(3)16-21-30(29(27)34)36-25(18-41-17-24-22(32)10-7-11-35-24)37-31(21)39-14-12-38(13-15-39)26(40)5-2;1-2/h5-11,16H,2,4,12-15,17-18H2,1,3H3;2H,1H3. The molecule has 11 heteroatoms. The smallest absolute Gasteiger partial charge is 0.246 e. The number of nitrogens with zero attached hydrogens (tertiary/aromatic N) is 5. The average Bonchev–Trinajstić information content (AvgIpc) is 3.03. The second-order valence-corrected chi connectivity index (χ2v) is 9.81. The first-order valence-electron chi connectivity index (χ1n) is 13.9. The molecule has 0 bridgehead atoms. The van der Waals surface area contributed by atoms with Gasteiger partial charge in [0.05, 0.1) is 6.61 Å². The summed E-state index contributed by atoms with van der Waals surface area (Å²) in [7, 11) is 1.00. The van der Waals surface area contributed by atoms with Crippen LogP contribution in [0.5, 0.6) is 0 Å². The number of benzene rings is 2. The van der Waals surface area contributed by atoms with Crippen LogP contribution < -0.4 is 4.90 Å². The van der Waals surface area contributed by atoms with E-state index < -0.39 is 17.5 Å². The molecule has 2 aromatic carbocycles. The largest absolute Gasteiger partial charge is 0.400 e. The van der Waals surface area contributed by atoms with E-state index in [1.807, 2.05) is 11.8 Å². The van der Waals surface area contributed by atoms with Crippen LogP contribution >= 0.6 is 0 Å². The zero-order chi connectivity index (χ0) is 31.1. The van der Waals surface area contributed by atoms with E-state index in [0.717, 1.165) is 7.11 Å². The molecule has 1 aliphatic heterocycles. The summed E-state index contributed by atoms with van der Waals surface area (Å²) in [6.07, 6.45) is 3.27. The van der Waals surface area contributed by atoms with Crippen molar-refractivity contribution in [2.45, 2.75) is 33.5 Å². The number of carbonyl (C=O) groups is 1. The summed E-state index contributed by atoms with van der Waals surface area (Å²) in [4.78, 5) is 29.0. The third-order valence-electron chi connectivity index (χ3n) is 7.26. The number of ether oxygens (including phenoxy) is 1. The van der Waals surface area contributed by atoms with E-state index in [-0.39, 0.29) is 47.3 Å². The lowest BCUT2D eigenvalue weighted by atomic mass is 9.92. The van der Waals surface area contributed by atoms with Gasteiger partial charge in [-0.1, -0.05) is 25.6 Å². The van der Waals surface area contributed by atoms with Crippen LogP contribution in [0.25, 0.3) is 22.0 Å². The zero-order valence-electron chi connectivity index (χ0n) is 24.4. The highest BCUT2D eigenvalue weighted by molar-refractivity contribution is 5.95. The Kier molecular flexibility index (Phi) is 10.4. The fourth-order valence-corrected chi connectivity index (χ4v) is 5.17. The Hall–Kier alpha value is -4.35. The molecule has 2 aromatic heterocycles. The maximum atomic E-state index is 16.5. The molecule has 1 fully saturated rings. The van der Waals surface area contributed by atoms with Gasteiger partial charge in [0.2, 0.25) is 5.91 Å². The van der Waals surface area contributed by atoms with E-state index in [9.17, 15) is 9.18 Å². The molecule has 1 amide bonds. The second kappa shape index (κ2) is 14.2. The van der Waals surface area contributed by atoms with Gasteiger partial charge in [-0.3, -0.25) is 9.78 Å². The third kappa shape index (κ3) is 6.68. The molecular formula is C32H34F3N5O3. The number of hydrogen-bond donors (Lipinski definition) is 1. The van der Waals surface area contributed by atoms with Crippen molar-refractivity contribution in [3.8, 4) is 11.1 Å². The third-order valence-corrected chi connectivity index (χ3v) is 7.26. The molecule has 4 aromatic rings. The topological polar surface area (TPSA) is 91.7 Å². The van der Waals surface area contributed by atoms with E-state index in [0.29, 0.717) is 54.9 Å². The second-order valence-electron chi connectivity index (χ2n) is 9.81. The Bertz CT molecular complexity index is 1620. The molecule has 0 radical (unpaired) electrons. The van der Waals surface area contributed by atoms with Gasteiger partial charge in [-0.25, -0.2) is 23.1 Å². The molecule has 0 unspecified atom stereocenters. The van der Waals surface area contributed by atoms with Gasteiger partial charge in [-0.05, 0) is 54.8 Å². The fraction of sp³-hybridized carbons (Fsp3) is 0.312. The van der Waals surface area contributed by atoms with Crippen molar-refractivity contribution in [3.63, 3.8) is 0 Å². The molecule has 0 atom stereocenters. The number of fused-ring (bicyclic) bond motifs is 1. The van der Waals surface area contributed by atoms with Gasteiger partial charge < -0.3 is 19.6 Å². The van der Waals surface area contributed by atoms with Crippen LogP contribution in [0.15, 0.2) is 55.3 Å². The summed E-state index contributed by atoms with van der Waals surface area (Å²) in [5.74, 6) is -1.14. The zero-order valence-corrected chi connectivity index (χ0v) is 24.4. The van der Waals surface area contributed by atoms with Gasteiger partial charge >= 0.3 is 0 Å². The first-order valence-corrected chi connectivity index (χ1v) is 13.9. The van der Waals surface area contributed by atoms with Crippen LogP contribution in [-0.2, 0) is 29.2 Å². The number of aromatic nitrogens is 3. The molecule has 5 rings (SSSR count). The molecule has 1 aliphatic rings. The number of aliphatic hydroxyl groups is 1. The van der Waals surface area contributed by atoms with E-state index in [1.54, 1.807) is 30.0 Å². The quantitative estimate of drug-likeness (QED) is 0.283. The number of rotatable bonds is 8. The Morgan fingerprint density at radius 3 is 2.42 bits per heavy atom. The molecule has 0 aliphatic carbocycles. The Morgan fingerprint density at radius 1 is 1.02 bits per heavy atom. The number of anilines is 1. The van der Waals surface area contributed by atoms with Gasteiger partial charge in [0, 0.05) is 56.0 Å². The van der Waals surface area contributed by atoms with E-state index in [2.05, 4.69) is 16.5 Å². The molecule has 1 N–H and O–H groups in total. The maximum Gasteiger partial charge on any atom is 0.246 e. The minimum atomic E-state index is -0.652. The van der Waals surface area contributed by atoms with Crippen molar-refractivity contribution < 1.29 is 27.8 Å². The molecular weight excluding hydrogens is 559 g/mol. The van der Waals surface area contributed by atoms with Gasteiger partial charge in [0.1, 0.15) is 35.3 Å². The summed E-state index contributed by atoms with van der Waals surface area (Å²) >= 11 is 0. The van der Waals surface area contributed by atoms with Gasteiger partial charge in [0.25, 0.3) is 0 Å². The summed E-state index contributed by atoms with van der Waals surface area (Å²) in [5, 5.41) is 7.47. The molecule has 43 heavy (non-hydrogen) atoms. The highest BCUT2D eigenvalue weighted by Crippen LogP contribution is 2.38. The predicted octanol–water partition coefficient (Wildman–Crippen LogP) is 5.14. The minimum Gasteiger partial charge on any atom is -0.400 e. The number of hydrogen-bond acceptors (Lipinski definition) is 7. The minimum absolute atomic E-state index is 0.0353. The molecule has 226 valence electrons. The van der Waals surface area contributed by atoms with Crippen LogP contribution in [0.4, 0.5) is 19.0 Å². The SMILES string of the molecule is C=CC(=O)N1CCN(c2nc(COCc3ncccc3F)nc3c(F)c(-c4c(F)cccc4CC)c(C)cc23)CC1.CO. The Labute approximate surface area is 248 Å². The highest BCUT2D eigenvalue weighted by atomic mass is 19.1. The van der Waals surface area contributed by atoms with Crippen molar-refractivity contribution in [1.29, 1.82) is 0 Å². The normalized spacial score (nSPS) is 13.1. The van der Waals surface area contributed by atoms with Gasteiger partial charge in [-0.2, -0.15) is 0 Å². The highest BCUT2D eigenvalue weighted by Gasteiger charge is 2.26. The lowest BCUT2D eigenvalue weighted by molar-refractivity contribution is -0.126. The van der Waals surface area contributed by atoms with Crippen molar-refractivity contribution in [2.24, 2.45) is 0 Å². The number of piperazine rings is 1. The summed E-state index contributed by atoms with van der Waals surface area (Å²) in [5.41, 5.74) is 1.77. The number of carbonyl (C=O) groups excluding carboxylic acids is 1. The first-order chi connectivity index (χ1) is 20.8. The van der Waals surface area contributed by atoms with Crippen molar-refractivity contribution in [1.82, 2.24) is 19.9 Å². The number of pyridine rings is 1. The molecule has 0 spiro atoms. The lowest BCUT2D eigenvalue weighted by Gasteiger charge is -2.35. The van der Waals surface area contributed by atoms with Crippen LogP contribution in [0, 0.1) is 24.4 Å². The Balaban J connectivity index is 0.00000207. The first kappa shape index (κ1) is 31.6. The number of aryl methyl sites for hydroxylation is 2. The van der Waals surface area contributed by atoms with Crippen LogP contribution in [0.1, 0.15) is 29.6 Å². The molecule has 8 nitrogen and oxygen atoms in total. The van der Waals surface area contributed by atoms with Gasteiger partial charge in [-0.15, -0.1) is 0 Å². The lowest BCUT2D eigenvalue weighted by Crippen LogP contribution is -2.48. The van der Waals surface area contributed by atoms with Crippen LogP contribution in [0.2, 0.25) is 0 Å². The fourth-order valence-electron chi connectivity index (χ4n) is 5.17. The Morgan fingerprint density at radius 2 is 1.74 bits per heavy atom. The molecule has 1 saturated heterocycles. The van der Waals surface area contributed by atoms with Crippen molar-refractivity contribution >= 4 is 22.6 Å². The maximum absolute atomic E-state index is 16.5. The number of amides is 1. The van der Waals surface area contributed by atoms with Crippen molar-refractivity contribution in [3.05, 3.63) is 95.3 Å². The number of halogens is 3. The van der Waals surface area contributed by atoms with E-state index >= 15 is 8.78 Å².